The van der Waals surface area contributed by atoms with Crippen LogP contribution in [-0.4, -0.2) is 4.98 Å². The molecule has 1 unspecified atom stereocenters. The molecule has 0 amide bonds. The van der Waals surface area contributed by atoms with Crippen molar-refractivity contribution in [2.75, 3.05) is 5.32 Å². The van der Waals surface area contributed by atoms with E-state index in [-0.39, 0.29) is 6.04 Å². The van der Waals surface area contributed by atoms with Crippen molar-refractivity contribution in [2.45, 2.75) is 13.0 Å². The van der Waals surface area contributed by atoms with Crippen LogP contribution >= 0.6 is 11.6 Å². The molecule has 18 heavy (non-hydrogen) atoms. The van der Waals surface area contributed by atoms with E-state index in [4.69, 9.17) is 16.9 Å². The zero-order valence-electron chi connectivity index (χ0n) is 9.89. The van der Waals surface area contributed by atoms with E-state index >= 15 is 0 Å². The number of anilines is 1. The lowest BCUT2D eigenvalue weighted by Gasteiger charge is -2.16. The summed E-state index contributed by atoms with van der Waals surface area (Å²) in [6.07, 6.45) is 3.53. The van der Waals surface area contributed by atoms with Gasteiger partial charge in [0, 0.05) is 12.4 Å². The lowest BCUT2D eigenvalue weighted by atomic mass is 10.1. The number of rotatable bonds is 3. The van der Waals surface area contributed by atoms with E-state index in [2.05, 4.69) is 16.4 Å². The molecule has 0 radical (unpaired) electrons. The van der Waals surface area contributed by atoms with E-state index in [0.717, 1.165) is 11.3 Å². The third-order valence-electron chi connectivity index (χ3n) is 2.68. The molecule has 0 aliphatic rings. The van der Waals surface area contributed by atoms with Crippen molar-refractivity contribution in [3.8, 4) is 6.07 Å². The van der Waals surface area contributed by atoms with Crippen molar-refractivity contribution in [3.05, 3.63) is 58.9 Å². The highest BCUT2D eigenvalue weighted by Crippen LogP contribution is 2.26. The van der Waals surface area contributed by atoms with E-state index in [1.807, 2.05) is 31.2 Å². The van der Waals surface area contributed by atoms with Gasteiger partial charge in [0.25, 0.3) is 0 Å². The molecule has 3 nitrogen and oxygen atoms in total. The van der Waals surface area contributed by atoms with Gasteiger partial charge in [-0.25, -0.2) is 0 Å². The summed E-state index contributed by atoms with van der Waals surface area (Å²) in [5, 5.41) is 12.8. The SMILES string of the molecule is CC(Nc1cccc(Cl)c1C#N)c1cccnc1. The molecule has 0 aliphatic heterocycles. The Morgan fingerprint density at radius 1 is 1.33 bits per heavy atom. The molecule has 0 spiro atoms. The molecule has 0 saturated carbocycles. The van der Waals surface area contributed by atoms with Crippen LogP contribution < -0.4 is 5.32 Å². The van der Waals surface area contributed by atoms with Crippen molar-refractivity contribution >= 4 is 17.3 Å². The highest BCUT2D eigenvalue weighted by Gasteiger charge is 2.10. The Hall–Kier alpha value is -2.05. The highest BCUT2D eigenvalue weighted by molar-refractivity contribution is 6.32. The molecule has 0 saturated heterocycles. The van der Waals surface area contributed by atoms with Gasteiger partial charge in [-0.1, -0.05) is 23.7 Å². The second kappa shape index (κ2) is 5.52. The topological polar surface area (TPSA) is 48.7 Å². The molecule has 90 valence electrons. The number of aromatic nitrogens is 1. The molecule has 1 aromatic heterocycles. The molecule has 4 heteroatoms. The van der Waals surface area contributed by atoms with Gasteiger partial charge in [0.2, 0.25) is 0 Å². The third kappa shape index (κ3) is 2.61. The van der Waals surface area contributed by atoms with Gasteiger partial charge in [-0.15, -0.1) is 0 Å². The molecule has 0 bridgehead atoms. The van der Waals surface area contributed by atoms with Crippen LogP contribution in [0.4, 0.5) is 5.69 Å². The van der Waals surface area contributed by atoms with Gasteiger partial charge in [0.1, 0.15) is 6.07 Å². The number of hydrogen-bond donors (Lipinski definition) is 1. The van der Waals surface area contributed by atoms with E-state index in [1.165, 1.54) is 0 Å². The quantitative estimate of drug-likeness (QED) is 0.910. The largest absolute Gasteiger partial charge is 0.377 e. The maximum absolute atomic E-state index is 9.10. The Morgan fingerprint density at radius 2 is 2.17 bits per heavy atom. The summed E-state index contributed by atoms with van der Waals surface area (Å²) in [7, 11) is 0. The minimum Gasteiger partial charge on any atom is -0.377 e. The first-order chi connectivity index (χ1) is 8.72. The van der Waals surface area contributed by atoms with Crippen molar-refractivity contribution < 1.29 is 0 Å². The monoisotopic (exact) mass is 257 g/mol. The second-order valence-electron chi connectivity index (χ2n) is 3.93. The fraction of sp³-hybridized carbons (Fsp3) is 0.143. The van der Waals surface area contributed by atoms with Gasteiger partial charge in [-0.3, -0.25) is 4.98 Å². The first kappa shape index (κ1) is 12.4. The van der Waals surface area contributed by atoms with Crippen LogP contribution in [0, 0.1) is 11.3 Å². The van der Waals surface area contributed by atoms with Gasteiger partial charge in [-0.05, 0) is 30.7 Å². The number of pyridine rings is 1. The maximum atomic E-state index is 9.10. The molecule has 2 aromatic rings. The number of nitriles is 1. The first-order valence-corrected chi connectivity index (χ1v) is 5.95. The summed E-state index contributed by atoms with van der Waals surface area (Å²) in [5.41, 5.74) is 2.26. The number of benzene rings is 1. The lowest BCUT2D eigenvalue weighted by Crippen LogP contribution is -2.08. The molecule has 2 rings (SSSR count). The van der Waals surface area contributed by atoms with Gasteiger partial charge < -0.3 is 5.32 Å². The summed E-state index contributed by atoms with van der Waals surface area (Å²) in [6.45, 7) is 2.01. The van der Waals surface area contributed by atoms with Crippen LogP contribution in [0.5, 0.6) is 0 Å². The number of nitrogens with zero attached hydrogens (tertiary/aromatic N) is 2. The van der Waals surface area contributed by atoms with Gasteiger partial charge in [0.15, 0.2) is 0 Å². The average molecular weight is 258 g/mol. The fourth-order valence-electron chi connectivity index (χ4n) is 1.71. The Labute approximate surface area is 111 Å². The second-order valence-corrected chi connectivity index (χ2v) is 4.33. The van der Waals surface area contributed by atoms with E-state index < -0.39 is 0 Å². The van der Waals surface area contributed by atoms with Gasteiger partial charge in [-0.2, -0.15) is 5.26 Å². The highest BCUT2D eigenvalue weighted by atomic mass is 35.5. The van der Waals surface area contributed by atoms with Crippen LogP contribution in [0.25, 0.3) is 0 Å². The predicted octanol–water partition coefficient (Wildman–Crippen LogP) is 3.78. The van der Waals surface area contributed by atoms with Crippen LogP contribution in [0.3, 0.4) is 0 Å². The number of nitrogens with one attached hydrogen (secondary N) is 1. The smallest absolute Gasteiger partial charge is 0.103 e. The molecule has 1 aromatic carbocycles. The van der Waals surface area contributed by atoms with Gasteiger partial charge >= 0.3 is 0 Å². The van der Waals surface area contributed by atoms with Crippen molar-refractivity contribution in [1.82, 2.24) is 4.98 Å². The third-order valence-corrected chi connectivity index (χ3v) is 3.00. The molecule has 1 N–H and O–H groups in total. The first-order valence-electron chi connectivity index (χ1n) is 5.57. The van der Waals surface area contributed by atoms with Crippen molar-refractivity contribution in [3.63, 3.8) is 0 Å². The zero-order chi connectivity index (χ0) is 13.0. The van der Waals surface area contributed by atoms with Gasteiger partial charge in [0.05, 0.1) is 22.3 Å². The van der Waals surface area contributed by atoms with Crippen LogP contribution in [0.15, 0.2) is 42.7 Å². The summed E-state index contributed by atoms with van der Waals surface area (Å²) < 4.78 is 0. The maximum Gasteiger partial charge on any atom is 0.103 e. The summed E-state index contributed by atoms with van der Waals surface area (Å²) in [6, 6.07) is 11.4. The van der Waals surface area contributed by atoms with E-state index in [0.29, 0.717) is 10.6 Å². The van der Waals surface area contributed by atoms with Crippen LogP contribution in [0.1, 0.15) is 24.1 Å². The molecule has 1 atom stereocenters. The minimum absolute atomic E-state index is 0.0595. The summed E-state index contributed by atoms with van der Waals surface area (Å²) >= 11 is 5.98. The van der Waals surface area contributed by atoms with Crippen LogP contribution in [-0.2, 0) is 0 Å². The summed E-state index contributed by atoms with van der Waals surface area (Å²) in [5.74, 6) is 0. The molecule has 0 fully saturated rings. The zero-order valence-corrected chi connectivity index (χ0v) is 10.6. The molecule has 0 aliphatic carbocycles. The van der Waals surface area contributed by atoms with Crippen LogP contribution in [0.2, 0.25) is 5.02 Å². The molecular formula is C14H12ClN3. The Morgan fingerprint density at radius 3 is 2.83 bits per heavy atom. The minimum atomic E-state index is 0.0595. The molecular weight excluding hydrogens is 246 g/mol. The molecule has 1 heterocycles. The predicted molar refractivity (Wildman–Crippen MR) is 72.4 cm³/mol. The van der Waals surface area contributed by atoms with E-state index in [1.54, 1.807) is 18.5 Å². The lowest BCUT2D eigenvalue weighted by molar-refractivity contribution is 0.875. The van der Waals surface area contributed by atoms with Crippen molar-refractivity contribution in [2.24, 2.45) is 0 Å². The standard InChI is InChI=1S/C14H12ClN3/c1-10(11-4-3-7-17-9-11)18-14-6-2-5-13(15)12(14)8-16/h2-7,9-10,18H,1H3. The average Bonchev–Trinajstić information content (AvgIpc) is 2.40. The number of halogens is 1. The Balaban J connectivity index is 2.25. The summed E-state index contributed by atoms with van der Waals surface area (Å²) in [4.78, 5) is 4.08. The fourth-order valence-corrected chi connectivity index (χ4v) is 1.92. The Bertz CT molecular complexity index is 575. The number of hydrogen-bond acceptors (Lipinski definition) is 3. The normalized spacial score (nSPS) is 11.6. The van der Waals surface area contributed by atoms with Crippen molar-refractivity contribution in [1.29, 1.82) is 5.26 Å². The Kier molecular flexibility index (Phi) is 3.81. The van der Waals surface area contributed by atoms with E-state index in [9.17, 15) is 0 Å².